The van der Waals surface area contributed by atoms with Gasteiger partial charge < -0.3 is 9.52 Å². The molecule has 0 saturated heterocycles. The normalized spacial score (nSPS) is 11.5. The Hall–Kier alpha value is -4.78. The molecule has 0 spiro atoms. The molecule has 0 bridgehead atoms. The van der Waals surface area contributed by atoms with E-state index in [1.807, 2.05) is 73.7 Å². The number of aryl methyl sites for hydroxylation is 1. The molecule has 2 aromatic heterocycles. The number of rotatable bonds is 5. The van der Waals surface area contributed by atoms with Gasteiger partial charge in [-0.3, -0.25) is 0 Å². The summed E-state index contributed by atoms with van der Waals surface area (Å²) < 4.78 is 5.43. The van der Waals surface area contributed by atoms with E-state index < -0.39 is 5.63 Å². The second-order valence-corrected chi connectivity index (χ2v) is 8.09. The van der Waals surface area contributed by atoms with E-state index in [0.29, 0.717) is 17.2 Å². The fraction of sp³-hybridized carbons (Fsp3) is 0.0714. The van der Waals surface area contributed by atoms with Gasteiger partial charge in [-0.1, -0.05) is 60.7 Å². The molecule has 2 N–H and O–H groups in total. The van der Waals surface area contributed by atoms with Crippen LogP contribution in [0.25, 0.3) is 33.5 Å². The Morgan fingerprint density at radius 1 is 0.886 bits per heavy atom. The molecule has 0 aliphatic heterocycles. The molecule has 172 valence electrons. The largest absolute Gasteiger partial charge is 0.507 e. The van der Waals surface area contributed by atoms with Crippen molar-refractivity contribution in [1.82, 2.24) is 9.97 Å². The Bertz CT molecular complexity index is 1550. The van der Waals surface area contributed by atoms with Crippen molar-refractivity contribution in [3.63, 3.8) is 0 Å². The lowest BCUT2D eigenvalue weighted by Gasteiger charge is -2.11. The Kier molecular flexibility index (Phi) is 5.81. The first-order valence-corrected chi connectivity index (χ1v) is 11.1. The highest BCUT2D eigenvalue weighted by Crippen LogP contribution is 2.29. The van der Waals surface area contributed by atoms with Crippen molar-refractivity contribution in [1.29, 1.82) is 0 Å². The summed E-state index contributed by atoms with van der Waals surface area (Å²) in [6.07, 6.45) is 0. The fourth-order valence-corrected chi connectivity index (χ4v) is 3.92. The molecule has 7 nitrogen and oxygen atoms in total. The van der Waals surface area contributed by atoms with Crippen molar-refractivity contribution in [2.24, 2.45) is 5.10 Å². The number of benzene rings is 3. The van der Waals surface area contributed by atoms with Gasteiger partial charge in [-0.05, 0) is 37.6 Å². The fourth-order valence-electron chi connectivity index (χ4n) is 3.92. The predicted octanol–water partition coefficient (Wildman–Crippen LogP) is 5.77. The Labute approximate surface area is 201 Å². The zero-order chi connectivity index (χ0) is 24.4. The van der Waals surface area contributed by atoms with Gasteiger partial charge in [-0.2, -0.15) is 5.10 Å². The summed E-state index contributed by atoms with van der Waals surface area (Å²) in [5, 5.41) is 15.7. The highest BCUT2D eigenvalue weighted by Gasteiger charge is 2.15. The SMILES string of the molecule is C/C(=N\Nc1nc(-c2ccccc2)cc(-c2ccccc2)n1)c1c(O)ccc2c(C)cc(=O)oc12. The summed E-state index contributed by atoms with van der Waals surface area (Å²) in [5.74, 6) is 0.250. The average molecular weight is 463 g/mol. The molecular weight excluding hydrogens is 440 g/mol. The van der Waals surface area contributed by atoms with Crippen LogP contribution in [0.2, 0.25) is 0 Å². The number of nitrogens with one attached hydrogen (secondary N) is 1. The number of phenols is 1. The number of anilines is 1. The van der Waals surface area contributed by atoms with Crippen LogP contribution in [-0.4, -0.2) is 20.8 Å². The maximum Gasteiger partial charge on any atom is 0.336 e. The predicted molar refractivity (Wildman–Crippen MR) is 138 cm³/mol. The number of aromatic nitrogens is 2. The summed E-state index contributed by atoms with van der Waals surface area (Å²) in [6, 6.07) is 26.3. The first kappa shape index (κ1) is 22.0. The van der Waals surface area contributed by atoms with Gasteiger partial charge in [0.15, 0.2) is 5.58 Å². The maximum absolute atomic E-state index is 12.0. The van der Waals surface area contributed by atoms with Crippen molar-refractivity contribution in [2.45, 2.75) is 13.8 Å². The highest BCUT2D eigenvalue weighted by atomic mass is 16.4. The topological polar surface area (TPSA) is 101 Å². The Balaban J connectivity index is 1.58. The zero-order valence-corrected chi connectivity index (χ0v) is 19.2. The number of hydrogen-bond donors (Lipinski definition) is 2. The first-order chi connectivity index (χ1) is 17.0. The van der Waals surface area contributed by atoms with E-state index in [4.69, 9.17) is 4.42 Å². The van der Waals surface area contributed by atoms with Crippen molar-refractivity contribution >= 4 is 22.6 Å². The average Bonchev–Trinajstić information content (AvgIpc) is 2.88. The van der Waals surface area contributed by atoms with E-state index in [1.165, 1.54) is 6.07 Å². The third-order valence-electron chi connectivity index (χ3n) is 5.65. The lowest BCUT2D eigenvalue weighted by atomic mass is 10.0. The molecule has 5 rings (SSSR count). The van der Waals surface area contributed by atoms with Crippen LogP contribution >= 0.6 is 0 Å². The first-order valence-electron chi connectivity index (χ1n) is 11.1. The van der Waals surface area contributed by atoms with Crippen molar-refractivity contribution in [3.05, 3.63) is 106 Å². The highest BCUT2D eigenvalue weighted by molar-refractivity contribution is 6.10. The molecule has 3 aromatic carbocycles. The summed E-state index contributed by atoms with van der Waals surface area (Å²) in [4.78, 5) is 21.3. The smallest absolute Gasteiger partial charge is 0.336 e. The Morgan fingerprint density at radius 2 is 1.49 bits per heavy atom. The lowest BCUT2D eigenvalue weighted by molar-refractivity contribution is 0.471. The van der Waals surface area contributed by atoms with Gasteiger partial charge in [0.05, 0.1) is 22.7 Å². The van der Waals surface area contributed by atoms with E-state index in [9.17, 15) is 9.90 Å². The van der Waals surface area contributed by atoms with Crippen LogP contribution < -0.4 is 11.1 Å². The third kappa shape index (κ3) is 4.52. The second kappa shape index (κ2) is 9.23. The molecule has 35 heavy (non-hydrogen) atoms. The summed E-state index contributed by atoms with van der Waals surface area (Å²) in [6.45, 7) is 3.53. The van der Waals surface area contributed by atoms with Crippen molar-refractivity contribution in [3.8, 4) is 28.3 Å². The molecule has 0 saturated carbocycles. The zero-order valence-electron chi connectivity index (χ0n) is 19.2. The summed E-state index contributed by atoms with van der Waals surface area (Å²) in [7, 11) is 0. The minimum atomic E-state index is -0.492. The molecule has 2 heterocycles. The van der Waals surface area contributed by atoms with E-state index in [2.05, 4.69) is 20.5 Å². The molecule has 0 atom stereocenters. The van der Waals surface area contributed by atoms with Gasteiger partial charge in [0.25, 0.3) is 0 Å². The van der Waals surface area contributed by atoms with Crippen LogP contribution in [0.1, 0.15) is 18.1 Å². The molecule has 0 aliphatic carbocycles. The summed E-state index contributed by atoms with van der Waals surface area (Å²) >= 11 is 0. The van der Waals surface area contributed by atoms with Gasteiger partial charge in [-0.15, -0.1) is 0 Å². The molecule has 0 fully saturated rings. The Morgan fingerprint density at radius 3 is 2.09 bits per heavy atom. The van der Waals surface area contributed by atoms with E-state index in [1.54, 1.807) is 19.1 Å². The number of aromatic hydroxyl groups is 1. The van der Waals surface area contributed by atoms with Gasteiger partial charge in [0.1, 0.15) is 5.75 Å². The number of phenolic OH excluding ortho intramolecular Hbond substituents is 1. The van der Waals surface area contributed by atoms with Crippen LogP contribution in [0, 0.1) is 6.92 Å². The minimum absolute atomic E-state index is 0.0433. The second-order valence-electron chi connectivity index (χ2n) is 8.09. The summed E-state index contributed by atoms with van der Waals surface area (Å²) in [5.41, 5.74) is 7.58. The number of nitrogens with zero attached hydrogens (tertiary/aromatic N) is 3. The van der Waals surface area contributed by atoms with Gasteiger partial charge in [0, 0.05) is 22.6 Å². The van der Waals surface area contributed by atoms with Crippen LogP contribution in [0.4, 0.5) is 5.95 Å². The molecular formula is C28H22N4O3. The lowest BCUT2D eigenvalue weighted by Crippen LogP contribution is -2.06. The van der Waals surface area contributed by atoms with Crippen molar-refractivity contribution < 1.29 is 9.52 Å². The number of fused-ring (bicyclic) bond motifs is 1. The van der Waals surface area contributed by atoms with Crippen molar-refractivity contribution in [2.75, 3.05) is 5.43 Å². The maximum atomic E-state index is 12.0. The standard InChI is InChI=1S/C28H22N4O3/c1-17-15-25(34)35-27-21(17)13-14-24(33)26(27)18(2)31-32-28-29-22(19-9-5-3-6-10-19)16-23(30-28)20-11-7-4-8-12-20/h3-16,33H,1-2H3,(H,29,30,32)/b31-18+. The van der Waals surface area contributed by atoms with Crippen LogP contribution in [-0.2, 0) is 0 Å². The molecule has 0 unspecified atom stereocenters. The van der Waals surface area contributed by atoms with Crippen LogP contribution in [0.3, 0.4) is 0 Å². The number of hydrogen-bond acceptors (Lipinski definition) is 7. The molecule has 5 aromatic rings. The van der Waals surface area contributed by atoms with E-state index in [-0.39, 0.29) is 11.3 Å². The van der Waals surface area contributed by atoms with Crippen LogP contribution in [0.15, 0.2) is 99.2 Å². The van der Waals surface area contributed by atoms with Gasteiger partial charge >= 0.3 is 5.63 Å². The van der Waals surface area contributed by atoms with Crippen LogP contribution in [0.5, 0.6) is 5.75 Å². The van der Waals surface area contributed by atoms with E-state index in [0.717, 1.165) is 33.5 Å². The third-order valence-corrected chi connectivity index (χ3v) is 5.65. The number of hydrazone groups is 1. The van der Waals surface area contributed by atoms with Gasteiger partial charge in [0.2, 0.25) is 5.95 Å². The quantitative estimate of drug-likeness (QED) is 0.195. The molecule has 0 aliphatic rings. The monoisotopic (exact) mass is 462 g/mol. The minimum Gasteiger partial charge on any atom is -0.507 e. The molecule has 7 heteroatoms. The van der Waals surface area contributed by atoms with Gasteiger partial charge in [-0.25, -0.2) is 20.2 Å². The van der Waals surface area contributed by atoms with E-state index >= 15 is 0 Å². The molecule has 0 radical (unpaired) electrons. The molecule has 0 amide bonds.